The van der Waals surface area contributed by atoms with Crippen LogP contribution < -0.4 is 5.73 Å². The first-order valence-electron chi connectivity index (χ1n) is 2.40. The van der Waals surface area contributed by atoms with Gasteiger partial charge in [-0.2, -0.15) is 0 Å². The highest BCUT2D eigenvalue weighted by Crippen LogP contribution is 1.84. The molecule has 0 saturated carbocycles. The van der Waals surface area contributed by atoms with Gasteiger partial charge in [0.2, 0.25) is 5.91 Å². The molecule has 0 spiro atoms. The highest BCUT2D eigenvalue weighted by molar-refractivity contribution is 5.75. The first-order chi connectivity index (χ1) is 3.18. The van der Waals surface area contributed by atoms with Crippen LogP contribution in [0.5, 0.6) is 0 Å². The van der Waals surface area contributed by atoms with Crippen molar-refractivity contribution in [3.63, 3.8) is 0 Å². The Bertz CT molecular complexity index is 72.1. The molecule has 0 aromatic rings. The molecular weight excluding hydrogens is 78.0 g/mol. The maximum absolute atomic E-state index is 10.2. The van der Waals surface area contributed by atoms with Gasteiger partial charge in [0.25, 0.3) is 0 Å². The molecule has 0 aliphatic carbocycles. The summed E-state index contributed by atoms with van der Waals surface area (Å²) >= 11 is 0. The fourth-order valence-corrected chi connectivity index (χ4v) is 0. The van der Waals surface area contributed by atoms with E-state index in [0.29, 0.717) is 0 Å². The molecule has 6 heavy (non-hydrogen) atoms. The summed E-state index contributed by atoms with van der Waals surface area (Å²) in [4.78, 5) is 10.2. The predicted octanol–water partition coefficient (Wildman–Crippen LogP) is 0.128. The summed E-state index contributed by atoms with van der Waals surface area (Å²) in [7, 11) is 0. The summed E-state index contributed by atoms with van der Waals surface area (Å²) in [5.41, 5.74) is 1.78. The van der Waals surface area contributed by atoms with Gasteiger partial charge < -0.3 is 5.73 Å². The van der Waals surface area contributed by atoms with Crippen molar-refractivity contribution in [3.05, 3.63) is 0 Å². The highest BCUT2D eigenvalue weighted by atomic mass is 16.1. The molecule has 0 radical (unpaired) electrons. The van der Waals surface area contributed by atoms with E-state index in [1.165, 1.54) is 0 Å². The summed E-state index contributed by atoms with van der Waals surface area (Å²) in [6.07, 6.45) is 0. The number of rotatable bonds is 1. The van der Waals surface area contributed by atoms with Gasteiger partial charge in [-0.15, -0.1) is 0 Å². The largest absolute Gasteiger partial charge is 0.369 e. The van der Waals surface area contributed by atoms with Crippen molar-refractivity contribution in [1.29, 1.82) is 0 Å². The van der Waals surface area contributed by atoms with Crippen molar-refractivity contribution in [2.45, 2.75) is 13.8 Å². The van der Waals surface area contributed by atoms with E-state index in [0.717, 1.165) is 0 Å². The summed E-state index contributed by atoms with van der Waals surface area (Å²) in [5, 5.41) is 0. The van der Waals surface area contributed by atoms with E-state index in [1.54, 1.807) is 19.6 Å². The number of carbonyl (C=O) groups excluding carboxylic acids is 1. The van der Waals surface area contributed by atoms with Crippen LogP contribution in [0.3, 0.4) is 0 Å². The smallest absolute Gasteiger partial charge is 0.219 e. The Morgan fingerprint density at radius 1 is 2.00 bits per heavy atom. The van der Waals surface area contributed by atoms with Crippen molar-refractivity contribution in [2.24, 2.45) is 11.6 Å². The molecule has 0 unspecified atom stereocenters. The lowest BCUT2D eigenvalue weighted by Crippen LogP contribution is -2.17. The normalized spacial score (nSPS) is 10.8. The van der Waals surface area contributed by atoms with Crippen LogP contribution >= 0.6 is 0 Å². The zero-order chi connectivity index (χ0) is 5.86. The topological polar surface area (TPSA) is 43.1 Å². The van der Waals surface area contributed by atoms with E-state index in [4.69, 9.17) is 1.41 Å². The lowest BCUT2D eigenvalue weighted by atomic mass is 10.2. The minimum absolute atomic E-state index is 0.0718. The lowest BCUT2D eigenvalue weighted by Gasteiger charge is -1.90. The van der Waals surface area contributed by atoms with Gasteiger partial charge in [0, 0.05) is 5.92 Å². The number of amides is 1. The summed E-state index contributed by atoms with van der Waals surface area (Å²) in [6.45, 7) is 3.48. The Labute approximate surface area is 38.8 Å². The second-order valence-electron chi connectivity index (χ2n) is 1.52. The van der Waals surface area contributed by atoms with E-state index in [1.807, 2.05) is 0 Å². The zero-order valence-electron chi connectivity index (χ0n) is 4.99. The van der Waals surface area contributed by atoms with Crippen LogP contribution in [-0.4, -0.2) is 5.91 Å². The van der Waals surface area contributed by atoms with Crippen LogP contribution in [0.2, 0.25) is 1.41 Å². The second-order valence-corrected chi connectivity index (χ2v) is 1.52. The fourth-order valence-electron chi connectivity index (χ4n) is 0. The summed E-state index contributed by atoms with van der Waals surface area (Å²) in [5.74, 6) is -0.308. The molecule has 0 fully saturated rings. The van der Waals surface area contributed by atoms with Crippen molar-refractivity contribution < 1.29 is 6.21 Å². The van der Waals surface area contributed by atoms with Crippen molar-refractivity contribution in [2.75, 3.05) is 0 Å². The number of nitrogens with two attached hydrogens (primary N) is 1. The van der Waals surface area contributed by atoms with Gasteiger partial charge >= 0.3 is 0 Å². The van der Waals surface area contributed by atoms with E-state index in [-0.39, 0.29) is 11.8 Å². The molecule has 0 bridgehead atoms. The Hall–Kier alpha value is -0.530. The van der Waals surface area contributed by atoms with E-state index >= 15 is 0 Å². The van der Waals surface area contributed by atoms with E-state index in [2.05, 4.69) is 0 Å². The highest BCUT2D eigenvalue weighted by Gasteiger charge is 1.96. The molecule has 2 heteroatoms. The molecule has 0 heterocycles. The SMILES string of the molecule is [3H]NC(=O)C(C)C. The quantitative estimate of drug-likeness (QED) is 0.487. The molecule has 0 aromatic heterocycles. The van der Waals surface area contributed by atoms with Gasteiger partial charge in [0.15, 0.2) is 1.41 Å². The van der Waals surface area contributed by atoms with Crippen molar-refractivity contribution >= 4 is 5.91 Å². The lowest BCUT2D eigenvalue weighted by molar-refractivity contribution is -0.120. The van der Waals surface area contributed by atoms with Crippen LogP contribution in [-0.2, 0) is 4.79 Å². The fraction of sp³-hybridized carbons (Fsp3) is 0.750. The molecule has 2 nitrogen and oxygen atoms in total. The third kappa shape index (κ3) is 1.76. The summed E-state index contributed by atoms with van der Waals surface area (Å²) in [6, 6.07) is 0. The van der Waals surface area contributed by atoms with Crippen molar-refractivity contribution in [1.82, 2.24) is 0 Å². The second kappa shape index (κ2) is 1.80. The van der Waals surface area contributed by atoms with Crippen LogP contribution in [0.4, 0.5) is 0 Å². The average molecular weight is 89.1 g/mol. The van der Waals surface area contributed by atoms with Gasteiger partial charge in [0.1, 0.15) is 0 Å². The third-order valence-corrected chi connectivity index (χ3v) is 0.524. The third-order valence-electron chi connectivity index (χ3n) is 0.524. The molecular formula is C4H9NO. The van der Waals surface area contributed by atoms with Crippen LogP contribution in [0.15, 0.2) is 0 Å². The maximum Gasteiger partial charge on any atom is 0.219 e. The van der Waals surface area contributed by atoms with Crippen LogP contribution in [0.25, 0.3) is 0 Å². The average Bonchev–Trinajstić information content (AvgIpc) is 1.65. The molecule has 0 atom stereocenters. The molecule has 36 valence electrons. The van der Waals surface area contributed by atoms with Crippen LogP contribution in [0.1, 0.15) is 13.8 Å². The minimum Gasteiger partial charge on any atom is -0.369 e. The first-order valence-corrected chi connectivity index (χ1v) is 1.90. The van der Waals surface area contributed by atoms with Gasteiger partial charge in [0.05, 0.1) is 0 Å². The monoisotopic (exact) mass is 89.1 g/mol. The Kier molecular flexibility index (Phi) is 1.10. The molecule has 0 aromatic carbocycles. The number of primary amides is 1. The molecule has 0 aliphatic rings. The maximum atomic E-state index is 10.2. The standard InChI is InChI=1S/C4H9NO/c1-3(2)4(5)6/h3H,1-2H3,(H2,5,6)/i/hT. The molecule has 0 saturated heterocycles. The Morgan fingerprint density at radius 3 is 2.50 bits per heavy atom. The van der Waals surface area contributed by atoms with Crippen molar-refractivity contribution in [3.8, 4) is 0 Å². The number of hydrogen-bond donors (Lipinski definition) is 1. The Balaban J connectivity index is 3.35. The first kappa shape index (κ1) is 3.65. The number of carbonyl (C=O) groups is 1. The van der Waals surface area contributed by atoms with Gasteiger partial charge in [-0.1, -0.05) is 13.8 Å². The molecule has 0 rings (SSSR count). The summed E-state index contributed by atoms with van der Waals surface area (Å²) < 4.78 is 6.34. The van der Waals surface area contributed by atoms with E-state index < -0.39 is 0 Å². The number of hydrogen-bond acceptors (Lipinski definition) is 1. The van der Waals surface area contributed by atoms with Gasteiger partial charge in [-0.05, 0) is 0 Å². The van der Waals surface area contributed by atoms with E-state index in [9.17, 15) is 4.79 Å². The van der Waals surface area contributed by atoms with Gasteiger partial charge in [-0.25, -0.2) is 0 Å². The molecule has 0 aliphatic heterocycles. The minimum atomic E-state index is -0.236. The predicted molar refractivity (Wildman–Crippen MR) is 24.0 cm³/mol. The zero-order valence-corrected chi connectivity index (χ0v) is 3.99. The van der Waals surface area contributed by atoms with Crippen LogP contribution in [0, 0.1) is 5.92 Å². The Morgan fingerprint density at radius 2 is 2.50 bits per heavy atom. The molecule has 2 N–H and O–H groups in total. The molecule has 1 amide bonds. The van der Waals surface area contributed by atoms with Gasteiger partial charge in [-0.3, -0.25) is 4.79 Å².